The summed E-state index contributed by atoms with van der Waals surface area (Å²) in [6.07, 6.45) is 0. The Hall–Kier alpha value is -1.87. The van der Waals surface area contributed by atoms with Crippen molar-refractivity contribution in [3.8, 4) is 6.07 Å². The van der Waals surface area contributed by atoms with E-state index < -0.39 is 0 Å². The average Bonchev–Trinajstić information content (AvgIpc) is 2.73. The maximum Gasteiger partial charge on any atom is 0.235 e. The van der Waals surface area contributed by atoms with Crippen LogP contribution in [0.25, 0.3) is 0 Å². The highest BCUT2D eigenvalue weighted by Crippen LogP contribution is 2.20. The van der Waals surface area contributed by atoms with Crippen molar-refractivity contribution < 1.29 is 4.42 Å². The minimum absolute atomic E-state index is 0.400. The Morgan fingerprint density at radius 2 is 2.29 bits per heavy atom. The highest BCUT2D eigenvalue weighted by molar-refractivity contribution is 9.10. The van der Waals surface area contributed by atoms with Crippen LogP contribution in [-0.2, 0) is 6.54 Å². The predicted molar refractivity (Wildman–Crippen MR) is 65.2 cm³/mol. The zero-order valence-corrected chi connectivity index (χ0v) is 10.7. The third-order valence-corrected chi connectivity index (χ3v) is 2.59. The van der Waals surface area contributed by atoms with Crippen LogP contribution in [0.1, 0.15) is 17.3 Å². The molecule has 0 saturated heterocycles. The highest BCUT2D eigenvalue weighted by atomic mass is 79.9. The number of anilines is 1. The zero-order chi connectivity index (χ0) is 12.3. The minimum Gasteiger partial charge on any atom is -0.424 e. The normalized spacial score (nSPS) is 9.94. The van der Waals surface area contributed by atoms with Gasteiger partial charge in [0, 0.05) is 11.4 Å². The molecule has 0 aliphatic heterocycles. The molecule has 1 aromatic carbocycles. The van der Waals surface area contributed by atoms with Crippen LogP contribution in [0.4, 0.5) is 5.69 Å². The molecular weight excluding hydrogens is 284 g/mol. The van der Waals surface area contributed by atoms with E-state index in [4.69, 9.17) is 9.68 Å². The van der Waals surface area contributed by atoms with E-state index in [1.54, 1.807) is 13.0 Å². The third-order valence-electron chi connectivity index (χ3n) is 2.10. The van der Waals surface area contributed by atoms with Crippen molar-refractivity contribution in [3.63, 3.8) is 0 Å². The lowest BCUT2D eigenvalue weighted by Crippen LogP contribution is -2.01. The van der Waals surface area contributed by atoms with Gasteiger partial charge in [-0.25, -0.2) is 0 Å². The third kappa shape index (κ3) is 2.82. The molecule has 0 aliphatic carbocycles. The second-order valence-electron chi connectivity index (χ2n) is 3.37. The number of aryl methyl sites for hydroxylation is 1. The van der Waals surface area contributed by atoms with Crippen molar-refractivity contribution in [3.05, 3.63) is 40.0 Å². The summed E-state index contributed by atoms with van der Waals surface area (Å²) in [5.74, 6) is 1.02. The first-order chi connectivity index (χ1) is 8.19. The standard InChI is InChI=1S/C11H9BrN4O/c1-7-15-16-11(17-7)6-14-10-3-2-9(12)4-8(10)5-13/h2-4,14H,6H2,1H3. The first kappa shape index (κ1) is 11.6. The maximum atomic E-state index is 8.98. The van der Waals surface area contributed by atoms with Crippen LogP contribution >= 0.6 is 15.9 Å². The van der Waals surface area contributed by atoms with Crippen molar-refractivity contribution in [2.45, 2.75) is 13.5 Å². The van der Waals surface area contributed by atoms with Gasteiger partial charge in [0.25, 0.3) is 0 Å². The molecule has 6 heteroatoms. The second-order valence-corrected chi connectivity index (χ2v) is 4.29. The molecule has 0 fully saturated rings. The molecular formula is C11H9BrN4O. The number of nitriles is 1. The minimum atomic E-state index is 0.400. The molecule has 2 rings (SSSR count). The van der Waals surface area contributed by atoms with Crippen molar-refractivity contribution in [2.75, 3.05) is 5.32 Å². The lowest BCUT2D eigenvalue weighted by atomic mass is 10.2. The van der Waals surface area contributed by atoms with Gasteiger partial charge in [0.2, 0.25) is 11.8 Å². The van der Waals surface area contributed by atoms with Crippen LogP contribution in [0.3, 0.4) is 0 Å². The van der Waals surface area contributed by atoms with E-state index in [0.29, 0.717) is 23.9 Å². The average molecular weight is 293 g/mol. The van der Waals surface area contributed by atoms with Crippen LogP contribution in [0, 0.1) is 18.3 Å². The van der Waals surface area contributed by atoms with E-state index in [-0.39, 0.29) is 0 Å². The van der Waals surface area contributed by atoms with Gasteiger partial charge < -0.3 is 9.73 Å². The molecule has 0 saturated carbocycles. The molecule has 0 bridgehead atoms. The Labute approximate surface area is 107 Å². The fourth-order valence-corrected chi connectivity index (χ4v) is 1.70. The Morgan fingerprint density at radius 1 is 1.47 bits per heavy atom. The number of halogens is 1. The van der Waals surface area contributed by atoms with Gasteiger partial charge in [-0.3, -0.25) is 0 Å². The quantitative estimate of drug-likeness (QED) is 0.941. The molecule has 0 amide bonds. The number of nitrogens with one attached hydrogen (secondary N) is 1. The fourth-order valence-electron chi connectivity index (χ4n) is 1.34. The number of aromatic nitrogens is 2. The number of nitrogens with zero attached hydrogens (tertiary/aromatic N) is 3. The van der Waals surface area contributed by atoms with Gasteiger partial charge in [-0.15, -0.1) is 10.2 Å². The largest absolute Gasteiger partial charge is 0.424 e. The molecule has 0 unspecified atom stereocenters. The Bertz CT molecular complexity index is 573. The highest BCUT2D eigenvalue weighted by Gasteiger charge is 2.05. The van der Waals surface area contributed by atoms with E-state index in [1.807, 2.05) is 12.1 Å². The second kappa shape index (κ2) is 4.97. The number of benzene rings is 1. The molecule has 0 atom stereocenters. The number of hydrogen-bond acceptors (Lipinski definition) is 5. The van der Waals surface area contributed by atoms with E-state index in [9.17, 15) is 0 Å². The predicted octanol–water partition coefficient (Wildman–Crippen LogP) is 2.62. The molecule has 5 nitrogen and oxygen atoms in total. The zero-order valence-electron chi connectivity index (χ0n) is 9.07. The summed E-state index contributed by atoms with van der Waals surface area (Å²) in [5, 5.41) is 19.7. The van der Waals surface area contributed by atoms with Crippen LogP contribution in [0.2, 0.25) is 0 Å². The van der Waals surface area contributed by atoms with E-state index in [0.717, 1.165) is 10.2 Å². The Balaban J connectivity index is 2.12. The van der Waals surface area contributed by atoms with Crippen molar-refractivity contribution in [1.29, 1.82) is 5.26 Å². The fraction of sp³-hybridized carbons (Fsp3) is 0.182. The summed E-state index contributed by atoms with van der Waals surface area (Å²) >= 11 is 3.32. The molecule has 1 heterocycles. The van der Waals surface area contributed by atoms with E-state index >= 15 is 0 Å². The summed E-state index contributed by atoms with van der Waals surface area (Å²) in [6, 6.07) is 7.56. The summed E-state index contributed by atoms with van der Waals surface area (Å²) in [6.45, 7) is 2.13. The van der Waals surface area contributed by atoms with Crippen molar-refractivity contribution in [2.24, 2.45) is 0 Å². The molecule has 1 N–H and O–H groups in total. The van der Waals surface area contributed by atoms with E-state index in [2.05, 4.69) is 37.5 Å². The Morgan fingerprint density at radius 3 is 2.94 bits per heavy atom. The van der Waals surface area contributed by atoms with Crippen LogP contribution < -0.4 is 5.32 Å². The maximum absolute atomic E-state index is 8.98. The summed E-state index contributed by atoms with van der Waals surface area (Å²) < 4.78 is 6.09. The van der Waals surface area contributed by atoms with Gasteiger partial charge >= 0.3 is 0 Å². The van der Waals surface area contributed by atoms with Crippen LogP contribution in [0.5, 0.6) is 0 Å². The van der Waals surface area contributed by atoms with Gasteiger partial charge in [-0.05, 0) is 18.2 Å². The summed E-state index contributed by atoms with van der Waals surface area (Å²) in [5.41, 5.74) is 1.31. The monoisotopic (exact) mass is 292 g/mol. The van der Waals surface area contributed by atoms with Gasteiger partial charge in [-0.1, -0.05) is 15.9 Å². The van der Waals surface area contributed by atoms with Gasteiger partial charge in [0.05, 0.1) is 17.8 Å². The summed E-state index contributed by atoms with van der Waals surface area (Å²) in [7, 11) is 0. The first-order valence-electron chi connectivity index (χ1n) is 4.91. The Kier molecular flexibility index (Phi) is 3.40. The van der Waals surface area contributed by atoms with Crippen molar-refractivity contribution >= 4 is 21.6 Å². The smallest absolute Gasteiger partial charge is 0.235 e. The van der Waals surface area contributed by atoms with Crippen LogP contribution in [0.15, 0.2) is 27.1 Å². The topological polar surface area (TPSA) is 74.7 Å². The SMILES string of the molecule is Cc1nnc(CNc2ccc(Br)cc2C#N)o1. The molecule has 1 aromatic heterocycles. The van der Waals surface area contributed by atoms with Crippen LogP contribution in [-0.4, -0.2) is 10.2 Å². The molecule has 86 valence electrons. The van der Waals surface area contributed by atoms with Crippen molar-refractivity contribution in [1.82, 2.24) is 10.2 Å². The molecule has 0 radical (unpaired) electrons. The van der Waals surface area contributed by atoms with E-state index in [1.165, 1.54) is 0 Å². The molecule has 2 aromatic rings. The number of rotatable bonds is 3. The number of hydrogen-bond donors (Lipinski definition) is 1. The molecule has 17 heavy (non-hydrogen) atoms. The summed E-state index contributed by atoms with van der Waals surface area (Å²) in [4.78, 5) is 0. The van der Waals surface area contributed by atoms with Gasteiger partial charge in [0.15, 0.2) is 0 Å². The first-order valence-corrected chi connectivity index (χ1v) is 5.71. The van der Waals surface area contributed by atoms with Gasteiger partial charge in [0.1, 0.15) is 6.07 Å². The lowest BCUT2D eigenvalue weighted by molar-refractivity contribution is 0.475. The van der Waals surface area contributed by atoms with Gasteiger partial charge in [-0.2, -0.15) is 5.26 Å². The lowest BCUT2D eigenvalue weighted by Gasteiger charge is -2.05. The molecule has 0 spiro atoms. The molecule has 0 aliphatic rings.